The average molecular weight is 222 g/mol. The van der Waals surface area contributed by atoms with E-state index in [1.54, 1.807) is 0 Å². The zero-order chi connectivity index (χ0) is 11.0. The highest BCUT2D eigenvalue weighted by molar-refractivity contribution is 4.95. The normalized spacial score (nSPS) is 44.1. The summed E-state index contributed by atoms with van der Waals surface area (Å²) in [4.78, 5) is 0. The maximum atomic E-state index is 3.90. The molecule has 2 nitrogen and oxygen atoms in total. The van der Waals surface area contributed by atoms with Gasteiger partial charge in [0.15, 0.2) is 0 Å². The summed E-state index contributed by atoms with van der Waals surface area (Å²) >= 11 is 0. The van der Waals surface area contributed by atoms with Crippen LogP contribution in [0.25, 0.3) is 0 Å². The molecule has 1 aliphatic heterocycles. The minimum absolute atomic E-state index is 0.708. The Hall–Kier alpha value is -0.0800. The van der Waals surface area contributed by atoms with E-state index >= 15 is 0 Å². The van der Waals surface area contributed by atoms with Gasteiger partial charge >= 0.3 is 0 Å². The minimum atomic E-state index is 0.708. The molecule has 92 valence electrons. The number of hydrogen-bond acceptors (Lipinski definition) is 2. The fraction of sp³-hybridized carbons (Fsp3) is 1.00. The number of fused-ring (bicyclic) bond motifs is 2. The summed E-state index contributed by atoms with van der Waals surface area (Å²) in [7, 11) is 0. The van der Waals surface area contributed by atoms with E-state index in [2.05, 4.69) is 17.6 Å². The smallest absolute Gasteiger partial charge is 0.0101 e. The highest BCUT2D eigenvalue weighted by atomic mass is 15.0. The second-order valence-corrected chi connectivity index (χ2v) is 6.38. The molecule has 0 radical (unpaired) electrons. The van der Waals surface area contributed by atoms with E-state index in [1.807, 2.05) is 0 Å². The maximum absolute atomic E-state index is 3.90. The Labute approximate surface area is 99.6 Å². The van der Waals surface area contributed by atoms with Gasteiger partial charge in [-0.2, -0.15) is 0 Å². The van der Waals surface area contributed by atoms with Gasteiger partial charge in [-0.3, -0.25) is 0 Å². The molecular formula is C14H26N2. The van der Waals surface area contributed by atoms with Gasteiger partial charge in [0.05, 0.1) is 0 Å². The summed E-state index contributed by atoms with van der Waals surface area (Å²) in [5.41, 5.74) is 0. The van der Waals surface area contributed by atoms with Crippen LogP contribution in [0.2, 0.25) is 0 Å². The lowest BCUT2D eigenvalue weighted by Crippen LogP contribution is -2.42. The van der Waals surface area contributed by atoms with Gasteiger partial charge in [0.25, 0.3) is 0 Å². The Bertz CT molecular complexity index is 235. The minimum Gasteiger partial charge on any atom is -0.314 e. The quantitative estimate of drug-likeness (QED) is 0.762. The van der Waals surface area contributed by atoms with Crippen LogP contribution in [0, 0.1) is 11.8 Å². The molecule has 1 heterocycles. The maximum Gasteiger partial charge on any atom is 0.0101 e. The summed E-state index contributed by atoms with van der Waals surface area (Å²) in [6.45, 7) is 3.62. The SMILES string of the molecule is CC(CC1CCCN1)NC1CC2CCC1C2. The van der Waals surface area contributed by atoms with Gasteiger partial charge in [-0.1, -0.05) is 6.42 Å². The molecule has 0 aromatic carbocycles. The van der Waals surface area contributed by atoms with Gasteiger partial charge in [-0.15, -0.1) is 0 Å². The third kappa shape index (κ3) is 2.28. The second-order valence-electron chi connectivity index (χ2n) is 6.38. The third-order valence-electron chi connectivity index (χ3n) is 5.04. The first-order chi connectivity index (χ1) is 7.81. The molecule has 2 saturated carbocycles. The zero-order valence-electron chi connectivity index (χ0n) is 10.5. The van der Waals surface area contributed by atoms with Gasteiger partial charge in [0.2, 0.25) is 0 Å². The van der Waals surface area contributed by atoms with Crippen LogP contribution >= 0.6 is 0 Å². The molecule has 5 atom stereocenters. The number of hydrogen-bond donors (Lipinski definition) is 2. The van der Waals surface area contributed by atoms with E-state index < -0.39 is 0 Å². The van der Waals surface area contributed by atoms with E-state index in [1.165, 1.54) is 51.5 Å². The van der Waals surface area contributed by atoms with Gasteiger partial charge in [-0.25, -0.2) is 0 Å². The van der Waals surface area contributed by atoms with Crippen LogP contribution in [-0.4, -0.2) is 24.7 Å². The van der Waals surface area contributed by atoms with Gasteiger partial charge in [0.1, 0.15) is 0 Å². The monoisotopic (exact) mass is 222 g/mol. The molecular weight excluding hydrogens is 196 g/mol. The van der Waals surface area contributed by atoms with E-state index in [4.69, 9.17) is 0 Å². The zero-order valence-corrected chi connectivity index (χ0v) is 10.5. The largest absolute Gasteiger partial charge is 0.314 e. The van der Waals surface area contributed by atoms with Gasteiger partial charge in [0, 0.05) is 18.1 Å². The van der Waals surface area contributed by atoms with Crippen molar-refractivity contribution < 1.29 is 0 Å². The molecule has 0 aromatic rings. The van der Waals surface area contributed by atoms with Crippen molar-refractivity contribution in [1.29, 1.82) is 0 Å². The van der Waals surface area contributed by atoms with Crippen molar-refractivity contribution >= 4 is 0 Å². The average Bonchev–Trinajstić information content (AvgIpc) is 2.92. The summed E-state index contributed by atoms with van der Waals surface area (Å²) in [6.07, 6.45) is 10.1. The van der Waals surface area contributed by atoms with Gasteiger partial charge in [-0.05, 0) is 63.8 Å². The topological polar surface area (TPSA) is 24.1 Å². The van der Waals surface area contributed by atoms with E-state index in [9.17, 15) is 0 Å². The molecule has 2 bridgehead atoms. The molecule has 3 fully saturated rings. The highest BCUT2D eigenvalue weighted by Crippen LogP contribution is 2.44. The summed E-state index contributed by atoms with van der Waals surface area (Å²) < 4.78 is 0. The molecule has 5 unspecified atom stereocenters. The number of nitrogens with one attached hydrogen (secondary N) is 2. The molecule has 2 heteroatoms. The first-order valence-electron chi connectivity index (χ1n) is 7.30. The molecule has 3 aliphatic rings. The standard InChI is InChI=1S/C14H26N2/c1-10(7-13-3-2-6-15-13)16-14-9-11-4-5-12(14)8-11/h10-16H,2-9H2,1H3. The fourth-order valence-corrected chi connectivity index (χ4v) is 4.27. The molecule has 0 amide bonds. The van der Waals surface area contributed by atoms with Crippen molar-refractivity contribution in [2.45, 2.75) is 70.0 Å². The summed E-state index contributed by atoms with van der Waals surface area (Å²) in [5, 5.41) is 7.50. The number of rotatable bonds is 4. The Balaban J connectivity index is 1.43. The molecule has 2 aliphatic carbocycles. The van der Waals surface area contributed by atoms with Crippen molar-refractivity contribution in [3.8, 4) is 0 Å². The molecule has 0 spiro atoms. The predicted molar refractivity (Wildman–Crippen MR) is 67.5 cm³/mol. The van der Waals surface area contributed by atoms with Crippen molar-refractivity contribution in [1.82, 2.24) is 10.6 Å². The van der Waals surface area contributed by atoms with E-state index in [0.717, 1.165) is 23.9 Å². The third-order valence-corrected chi connectivity index (χ3v) is 5.04. The first kappa shape index (κ1) is 11.0. The lowest BCUT2D eigenvalue weighted by molar-refractivity contribution is 0.307. The van der Waals surface area contributed by atoms with Crippen molar-refractivity contribution in [2.24, 2.45) is 11.8 Å². The van der Waals surface area contributed by atoms with Crippen LogP contribution in [0.1, 0.15) is 51.9 Å². The molecule has 2 N–H and O–H groups in total. The molecule has 3 rings (SSSR count). The molecule has 1 saturated heterocycles. The lowest BCUT2D eigenvalue weighted by atomic mass is 9.94. The van der Waals surface area contributed by atoms with E-state index in [-0.39, 0.29) is 0 Å². The highest BCUT2D eigenvalue weighted by Gasteiger charge is 2.39. The fourth-order valence-electron chi connectivity index (χ4n) is 4.27. The van der Waals surface area contributed by atoms with Crippen LogP contribution in [-0.2, 0) is 0 Å². The second kappa shape index (κ2) is 4.66. The Morgan fingerprint density at radius 1 is 1.25 bits per heavy atom. The van der Waals surface area contributed by atoms with Crippen LogP contribution in [0.5, 0.6) is 0 Å². The van der Waals surface area contributed by atoms with Crippen molar-refractivity contribution in [2.75, 3.05) is 6.54 Å². The van der Waals surface area contributed by atoms with Crippen LogP contribution in [0.3, 0.4) is 0 Å². The van der Waals surface area contributed by atoms with Gasteiger partial charge < -0.3 is 10.6 Å². The lowest BCUT2D eigenvalue weighted by Gasteiger charge is -2.28. The first-order valence-corrected chi connectivity index (χ1v) is 7.30. The predicted octanol–water partition coefficient (Wildman–Crippen LogP) is 2.30. The van der Waals surface area contributed by atoms with Crippen molar-refractivity contribution in [3.05, 3.63) is 0 Å². The molecule has 0 aromatic heterocycles. The van der Waals surface area contributed by atoms with Crippen molar-refractivity contribution in [3.63, 3.8) is 0 Å². The summed E-state index contributed by atoms with van der Waals surface area (Å²) in [5.74, 6) is 2.09. The van der Waals surface area contributed by atoms with Crippen LogP contribution in [0.4, 0.5) is 0 Å². The Morgan fingerprint density at radius 3 is 2.81 bits per heavy atom. The molecule has 16 heavy (non-hydrogen) atoms. The summed E-state index contributed by atoms with van der Waals surface area (Å²) in [6, 6.07) is 2.36. The van der Waals surface area contributed by atoms with Crippen LogP contribution in [0.15, 0.2) is 0 Å². The Kier molecular flexibility index (Phi) is 3.21. The van der Waals surface area contributed by atoms with E-state index in [0.29, 0.717) is 6.04 Å². The Morgan fingerprint density at radius 2 is 2.19 bits per heavy atom. The van der Waals surface area contributed by atoms with Crippen LogP contribution < -0.4 is 10.6 Å².